The Kier molecular flexibility index (Phi) is 5.41. The van der Waals surface area contributed by atoms with Crippen molar-refractivity contribution in [3.63, 3.8) is 0 Å². The minimum Gasteiger partial charge on any atom is -0.224 e. The second kappa shape index (κ2) is 6.18. The van der Waals surface area contributed by atoms with E-state index in [4.69, 9.17) is 0 Å². The molecule has 1 aromatic rings. The molecule has 0 aliphatic carbocycles. The van der Waals surface area contributed by atoms with Crippen LogP contribution in [0.25, 0.3) is 0 Å². The molecule has 0 amide bonds. The van der Waals surface area contributed by atoms with Gasteiger partial charge in [0.2, 0.25) is 10.0 Å². The van der Waals surface area contributed by atoms with Crippen LogP contribution in [0.15, 0.2) is 28.0 Å². The SMILES string of the molecule is Cc1ccc(S(C)(=O)=O)cc1S(=O)(=O)NC(C)(C)CC(C)(C)C. The van der Waals surface area contributed by atoms with Crippen LogP contribution in [-0.4, -0.2) is 28.6 Å². The summed E-state index contributed by atoms with van der Waals surface area (Å²) in [4.78, 5) is -0.000452. The van der Waals surface area contributed by atoms with E-state index in [2.05, 4.69) is 4.72 Å². The van der Waals surface area contributed by atoms with Crippen LogP contribution in [0.5, 0.6) is 0 Å². The summed E-state index contributed by atoms with van der Waals surface area (Å²) in [5, 5.41) is 0. The summed E-state index contributed by atoms with van der Waals surface area (Å²) in [5.41, 5.74) is -0.184. The molecule has 0 unspecified atom stereocenters. The van der Waals surface area contributed by atoms with Gasteiger partial charge in [0.1, 0.15) is 0 Å². The fourth-order valence-electron chi connectivity index (χ4n) is 2.88. The lowest BCUT2D eigenvalue weighted by Crippen LogP contribution is -2.45. The third-order valence-corrected chi connectivity index (χ3v) is 6.21. The van der Waals surface area contributed by atoms with Crippen molar-refractivity contribution >= 4 is 19.9 Å². The van der Waals surface area contributed by atoms with Crippen molar-refractivity contribution in [2.24, 2.45) is 5.41 Å². The highest BCUT2D eigenvalue weighted by atomic mass is 32.2. The summed E-state index contributed by atoms with van der Waals surface area (Å²) >= 11 is 0. The van der Waals surface area contributed by atoms with Gasteiger partial charge in [-0.05, 0) is 50.3 Å². The smallest absolute Gasteiger partial charge is 0.224 e. The lowest BCUT2D eigenvalue weighted by Gasteiger charge is -2.33. The topological polar surface area (TPSA) is 80.3 Å². The molecule has 5 nitrogen and oxygen atoms in total. The summed E-state index contributed by atoms with van der Waals surface area (Å²) in [6.07, 6.45) is 1.70. The Labute approximate surface area is 140 Å². The lowest BCUT2D eigenvalue weighted by molar-refractivity contribution is 0.269. The van der Waals surface area contributed by atoms with E-state index in [1.54, 1.807) is 6.92 Å². The Bertz CT molecular complexity index is 786. The van der Waals surface area contributed by atoms with Gasteiger partial charge < -0.3 is 0 Å². The molecular formula is C16H27NO4S2. The number of hydrogen-bond acceptors (Lipinski definition) is 4. The highest BCUT2D eigenvalue weighted by Gasteiger charge is 2.31. The molecule has 0 aromatic heterocycles. The number of sulfonamides is 1. The number of benzene rings is 1. The van der Waals surface area contributed by atoms with Crippen molar-refractivity contribution in [3.8, 4) is 0 Å². The fraction of sp³-hybridized carbons (Fsp3) is 0.625. The van der Waals surface area contributed by atoms with E-state index in [1.165, 1.54) is 18.2 Å². The number of aryl methyl sites for hydroxylation is 1. The standard InChI is InChI=1S/C16H27NO4S2/c1-12-8-9-13(22(7,18)19)10-14(12)23(20,21)17-16(5,6)11-15(2,3)4/h8-10,17H,11H2,1-7H3. The van der Waals surface area contributed by atoms with E-state index in [9.17, 15) is 16.8 Å². The minimum absolute atomic E-state index is 0.00223. The van der Waals surface area contributed by atoms with Crippen LogP contribution in [0.3, 0.4) is 0 Å². The van der Waals surface area contributed by atoms with Gasteiger partial charge in [-0.25, -0.2) is 21.6 Å². The zero-order valence-electron chi connectivity index (χ0n) is 14.9. The Morgan fingerprint density at radius 2 is 1.52 bits per heavy atom. The maximum absolute atomic E-state index is 12.7. The van der Waals surface area contributed by atoms with E-state index in [1.807, 2.05) is 34.6 Å². The van der Waals surface area contributed by atoms with Crippen LogP contribution in [0.4, 0.5) is 0 Å². The summed E-state index contributed by atoms with van der Waals surface area (Å²) < 4.78 is 51.5. The highest BCUT2D eigenvalue weighted by Crippen LogP contribution is 2.29. The zero-order chi connectivity index (χ0) is 18.3. The minimum atomic E-state index is -3.82. The maximum atomic E-state index is 12.7. The Morgan fingerprint density at radius 3 is 1.96 bits per heavy atom. The lowest BCUT2D eigenvalue weighted by atomic mass is 9.82. The quantitative estimate of drug-likeness (QED) is 0.874. The van der Waals surface area contributed by atoms with Gasteiger partial charge in [0.05, 0.1) is 9.79 Å². The molecule has 1 aromatic carbocycles. The molecule has 132 valence electrons. The van der Waals surface area contributed by atoms with Crippen molar-refractivity contribution in [1.29, 1.82) is 0 Å². The van der Waals surface area contributed by atoms with Crippen molar-refractivity contribution in [2.75, 3.05) is 6.26 Å². The molecule has 0 aliphatic rings. The first-order chi connectivity index (χ1) is 10.0. The molecule has 0 radical (unpaired) electrons. The van der Waals surface area contributed by atoms with Crippen molar-refractivity contribution in [2.45, 2.75) is 63.3 Å². The predicted octanol–water partition coefficient (Wildman–Crippen LogP) is 2.89. The van der Waals surface area contributed by atoms with Gasteiger partial charge in [-0.2, -0.15) is 0 Å². The molecule has 1 N–H and O–H groups in total. The summed E-state index contributed by atoms with van der Waals surface area (Å²) in [7, 11) is -7.29. The van der Waals surface area contributed by atoms with Crippen molar-refractivity contribution < 1.29 is 16.8 Å². The van der Waals surface area contributed by atoms with Crippen LogP contribution in [0.2, 0.25) is 0 Å². The summed E-state index contributed by atoms with van der Waals surface area (Å²) in [6, 6.07) is 4.16. The van der Waals surface area contributed by atoms with Crippen LogP contribution in [0.1, 0.15) is 46.6 Å². The van der Waals surface area contributed by atoms with Crippen LogP contribution >= 0.6 is 0 Å². The molecule has 0 saturated carbocycles. The Morgan fingerprint density at radius 1 is 1.00 bits per heavy atom. The molecule has 0 aliphatic heterocycles. The van der Waals surface area contributed by atoms with E-state index in [0.717, 1.165) is 6.26 Å². The molecule has 0 atom stereocenters. The predicted molar refractivity (Wildman–Crippen MR) is 92.8 cm³/mol. The van der Waals surface area contributed by atoms with E-state index >= 15 is 0 Å². The molecule has 0 fully saturated rings. The van der Waals surface area contributed by atoms with Gasteiger partial charge in [0.25, 0.3) is 0 Å². The van der Waals surface area contributed by atoms with Gasteiger partial charge in [-0.15, -0.1) is 0 Å². The van der Waals surface area contributed by atoms with Gasteiger partial charge in [0.15, 0.2) is 9.84 Å². The largest absolute Gasteiger partial charge is 0.241 e. The van der Waals surface area contributed by atoms with Gasteiger partial charge in [0, 0.05) is 11.8 Å². The third kappa shape index (κ3) is 5.90. The summed E-state index contributed by atoms with van der Waals surface area (Å²) in [5.74, 6) is 0. The van der Waals surface area contributed by atoms with Crippen LogP contribution in [-0.2, 0) is 19.9 Å². The molecular weight excluding hydrogens is 334 g/mol. The number of rotatable bonds is 5. The Balaban J connectivity index is 3.29. The number of sulfone groups is 1. The van der Waals surface area contributed by atoms with Crippen LogP contribution in [0, 0.1) is 12.3 Å². The van der Waals surface area contributed by atoms with Gasteiger partial charge in [-0.1, -0.05) is 26.8 Å². The van der Waals surface area contributed by atoms with E-state index in [0.29, 0.717) is 12.0 Å². The molecule has 0 heterocycles. The average molecular weight is 362 g/mol. The molecule has 0 saturated heterocycles. The van der Waals surface area contributed by atoms with Gasteiger partial charge in [-0.3, -0.25) is 0 Å². The first-order valence-electron chi connectivity index (χ1n) is 7.38. The fourth-order valence-corrected chi connectivity index (χ4v) is 5.29. The molecule has 1 rings (SSSR count). The maximum Gasteiger partial charge on any atom is 0.241 e. The molecule has 23 heavy (non-hydrogen) atoms. The van der Waals surface area contributed by atoms with Crippen molar-refractivity contribution in [1.82, 2.24) is 4.72 Å². The second-order valence-electron chi connectivity index (χ2n) is 7.93. The first kappa shape index (κ1) is 20.1. The molecule has 0 bridgehead atoms. The average Bonchev–Trinajstić information content (AvgIpc) is 2.21. The molecule has 7 heteroatoms. The normalized spacial score (nSPS) is 14.0. The van der Waals surface area contributed by atoms with E-state index in [-0.39, 0.29) is 15.2 Å². The summed E-state index contributed by atoms with van der Waals surface area (Å²) in [6.45, 7) is 11.4. The monoisotopic (exact) mass is 361 g/mol. The molecule has 0 spiro atoms. The second-order valence-corrected chi connectivity index (χ2v) is 11.6. The highest BCUT2D eigenvalue weighted by molar-refractivity contribution is 7.91. The number of nitrogens with one attached hydrogen (secondary N) is 1. The Hall–Kier alpha value is -0.920. The van der Waals surface area contributed by atoms with E-state index < -0.39 is 25.4 Å². The van der Waals surface area contributed by atoms with Gasteiger partial charge >= 0.3 is 0 Å². The number of hydrogen-bond donors (Lipinski definition) is 1. The third-order valence-electron chi connectivity index (χ3n) is 3.26. The van der Waals surface area contributed by atoms with Crippen molar-refractivity contribution in [3.05, 3.63) is 23.8 Å². The zero-order valence-corrected chi connectivity index (χ0v) is 16.5. The van der Waals surface area contributed by atoms with Crippen LogP contribution < -0.4 is 4.72 Å². The first-order valence-corrected chi connectivity index (χ1v) is 10.8.